The van der Waals surface area contributed by atoms with Crippen LogP contribution in [0.3, 0.4) is 0 Å². The zero-order chi connectivity index (χ0) is 21.3. The Morgan fingerprint density at radius 1 is 0.793 bits per heavy atom. The van der Waals surface area contributed by atoms with E-state index in [1.807, 2.05) is 39.0 Å². The molecule has 0 saturated carbocycles. The van der Waals surface area contributed by atoms with Crippen LogP contribution in [0.1, 0.15) is 33.6 Å². The minimum atomic E-state index is -0.442. The van der Waals surface area contributed by atoms with Crippen molar-refractivity contribution in [2.24, 2.45) is 5.41 Å². The van der Waals surface area contributed by atoms with Crippen LogP contribution >= 0.6 is 0 Å². The zero-order valence-electron chi connectivity index (χ0n) is 17.0. The van der Waals surface area contributed by atoms with Gasteiger partial charge in [-0.25, -0.2) is 4.79 Å². The van der Waals surface area contributed by atoms with Gasteiger partial charge in [-0.05, 0) is 36.8 Å². The molecule has 7 nitrogen and oxygen atoms in total. The van der Waals surface area contributed by atoms with Crippen molar-refractivity contribution < 1.29 is 14.4 Å². The average Bonchev–Trinajstić information content (AvgIpc) is 2.65. The minimum absolute atomic E-state index is 0.0366. The normalized spacial score (nSPS) is 10.7. The SMILES string of the molecule is CC(C)(C)C(=O)NCCCC(=O)Nc1cccc(NC(=O)Nc2ccccc2)c1. The van der Waals surface area contributed by atoms with Gasteiger partial charge in [-0.3, -0.25) is 9.59 Å². The fraction of sp³-hybridized carbons (Fsp3) is 0.318. The van der Waals surface area contributed by atoms with E-state index in [0.29, 0.717) is 30.0 Å². The number of anilines is 3. The van der Waals surface area contributed by atoms with Crippen molar-refractivity contribution >= 4 is 34.9 Å². The van der Waals surface area contributed by atoms with E-state index < -0.39 is 5.41 Å². The largest absolute Gasteiger partial charge is 0.356 e. The molecular formula is C22H28N4O3. The molecule has 0 fully saturated rings. The number of carbonyl (C=O) groups is 3. The quantitative estimate of drug-likeness (QED) is 0.528. The highest BCUT2D eigenvalue weighted by Crippen LogP contribution is 2.16. The number of hydrogen-bond donors (Lipinski definition) is 4. The Hall–Kier alpha value is -3.35. The topological polar surface area (TPSA) is 99.3 Å². The Morgan fingerprint density at radius 3 is 2.03 bits per heavy atom. The predicted molar refractivity (Wildman–Crippen MR) is 116 cm³/mol. The molecule has 2 aromatic carbocycles. The van der Waals surface area contributed by atoms with Crippen LogP contribution in [-0.2, 0) is 9.59 Å². The number of urea groups is 1. The maximum atomic E-state index is 12.1. The van der Waals surface area contributed by atoms with E-state index in [9.17, 15) is 14.4 Å². The van der Waals surface area contributed by atoms with Crippen LogP contribution in [0, 0.1) is 5.41 Å². The molecule has 4 N–H and O–H groups in total. The summed E-state index contributed by atoms with van der Waals surface area (Å²) in [6.07, 6.45) is 0.835. The van der Waals surface area contributed by atoms with Crippen molar-refractivity contribution in [1.82, 2.24) is 5.32 Å². The van der Waals surface area contributed by atoms with Crippen LogP contribution in [-0.4, -0.2) is 24.4 Å². The van der Waals surface area contributed by atoms with Gasteiger partial charge in [-0.1, -0.05) is 45.0 Å². The summed E-state index contributed by atoms with van der Waals surface area (Å²) in [5.41, 5.74) is 1.40. The molecule has 2 rings (SSSR count). The third-order valence-electron chi connectivity index (χ3n) is 3.98. The molecule has 0 aromatic heterocycles. The molecule has 0 radical (unpaired) electrons. The van der Waals surface area contributed by atoms with Gasteiger partial charge in [0.25, 0.3) is 0 Å². The monoisotopic (exact) mass is 396 g/mol. The highest BCUT2D eigenvalue weighted by molar-refractivity contribution is 6.00. The van der Waals surface area contributed by atoms with Crippen LogP contribution in [0.15, 0.2) is 54.6 Å². The molecule has 7 heteroatoms. The van der Waals surface area contributed by atoms with E-state index >= 15 is 0 Å². The molecule has 29 heavy (non-hydrogen) atoms. The third kappa shape index (κ3) is 8.04. The first-order chi connectivity index (χ1) is 13.7. The van der Waals surface area contributed by atoms with Crippen LogP contribution in [0.4, 0.5) is 21.9 Å². The molecule has 0 heterocycles. The average molecular weight is 396 g/mol. The van der Waals surface area contributed by atoms with Crippen LogP contribution < -0.4 is 21.3 Å². The van der Waals surface area contributed by atoms with Gasteiger partial charge in [0.15, 0.2) is 0 Å². The van der Waals surface area contributed by atoms with Gasteiger partial charge >= 0.3 is 6.03 Å². The van der Waals surface area contributed by atoms with Gasteiger partial charge in [0.05, 0.1) is 0 Å². The van der Waals surface area contributed by atoms with Crippen molar-refractivity contribution in [2.75, 3.05) is 22.5 Å². The van der Waals surface area contributed by atoms with Crippen molar-refractivity contribution in [3.63, 3.8) is 0 Å². The summed E-state index contributed by atoms with van der Waals surface area (Å²) in [5, 5.41) is 11.1. The molecular weight excluding hydrogens is 368 g/mol. The maximum Gasteiger partial charge on any atom is 0.323 e. The van der Waals surface area contributed by atoms with Gasteiger partial charge in [0.1, 0.15) is 0 Å². The minimum Gasteiger partial charge on any atom is -0.356 e. The van der Waals surface area contributed by atoms with E-state index in [0.717, 1.165) is 0 Å². The number of para-hydroxylation sites is 1. The smallest absolute Gasteiger partial charge is 0.323 e. The molecule has 0 atom stereocenters. The van der Waals surface area contributed by atoms with E-state index in [2.05, 4.69) is 21.3 Å². The lowest BCUT2D eigenvalue weighted by Crippen LogP contribution is -2.35. The van der Waals surface area contributed by atoms with Gasteiger partial charge < -0.3 is 21.3 Å². The predicted octanol–water partition coefficient (Wildman–Crippen LogP) is 4.21. The Balaban J connectivity index is 1.77. The molecule has 0 spiro atoms. The Kier molecular flexibility index (Phi) is 7.77. The van der Waals surface area contributed by atoms with Gasteiger partial charge in [-0.2, -0.15) is 0 Å². The lowest BCUT2D eigenvalue weighted by molar-refractivity contribution is -0.128. The number of amides is 4. The number of nitrogens with one attached hydrogen (secondary N) is 4. The molecule has 4 amide bonds. The summed E-state index contributed by atoms with van der Waals surface area (Å²) < 4.78 is 0. The molecule has 0 unspecified atom stereocenters. The van der Waals surface area contributed by atoms with Gasteiger partial charge in [-0.15, -0.1) is 0 Å². The highest BCUT2D eigenvalue weighted by Gasteiger charge is 2.20. The molecule has 2 aromatic rings. The van der Waals surface area contributed by atoms with Crippen molar-refractivity contribution in [1.29, 1.82) is 0 Å². The lowest BCUT2D eigenvalue weighted by atomic mass is 9.96. The first-order valence-electron chi connectivity index (χ1n) is 9.55. The summed E-state index contributed by atoms with van der Waals surface area (Å²) in [7, 11) is 0. The van der Waals surface area contributed by atoms with Crippen LogP contribution in [0.2, 0.25) is 0 Å². The van der Waals surface area contributed by atoms with Crippen LogP contribution in [0.25, 0.3) is 0 Å². The number of carbonyl (C=O) groups excluding carboxylic acids is 3. The van der Waals surface area contributed by atoms with E-state index in [4.69, 9.17) is 0 Å². The fourth-order valence-electron chi connectivity index (χ4n) is 2.43. The van der Waals surface area contributed by atoms with Gasteiger partial charge in [0.2, 0.25) is 11.8 Å². The summed E-state index contributed by atoms with van der Waals surface area (Å²) in [5.74, 6) is -0.189. The molecule has 0 saturated heterocycles. The molecule has 0 aliphatic rings. The molecule has 154 valence electrons. The first kappa shape index (κ1) is 21.9. The summed E-state index contributed by atoms with van der Waals surface area (Å²) in [4.78, 5) is 36.0. The number of benzene rings is 2. The fourth-order valence-corrected chi connectivity index (χ4v) is 2.43. The Labute approximate surface area is 171 Å². The maximum absolute atomic E-state index is 12.1. The Bertz CT molecular complexity index is 845. The summed E-state index contributed by atoms with van der Waals surface area (Å²) >= 11 is 0. The second-order valence-corrected chi connectivity index (χ2v) is 7.68. The molecule has 0 aliphatic carbocycles. The van der Waals surface area contributed by atoms with E-state index in [1.54, 1.807) is 36.4 Å². The lowest BCUT2D eigenvalue weighted by Gasteiger charge is -2.17. The van der Waals surface area contributed by atoms with Crippen molar-refractivity contribution in [3.05, 3.63) is 54.6 Å². The Morgan fingerprint density at radius 2 is 1.38 bits per heavy atom. The number of hydrogen-bond acceptors (Lipinski definition) is 3. The molecule has 0 bridgehead atoms. The second kappa shape index (κ2) is 10.3. The van der Waals surface area contributed by atoms with E-state index in [1.165, 1.54) is 0 Å². The van der Waals surface area contributed by atoms with Crippen LogP contribution in [0.5, 0.6) is 0 Å². The van der Waals surface area contributed by atoms with Crippen molar-refractivity contribution in [3.8, 4) is 0 Å². The summed E-state index contributed by atoms with van der Waals surface area (Å²) in [6, 6.07) is 15.7. The molecule has 0 aliphatic heterocycles. The number of rotatable bonds is 7. The summed E-state index contributed by atoms with van der Waals surface area (Å²) in [6.45, 7) is 5.98. The van der Waals surface area contributed by atoms with Gasteiger partial charge in [0, 0.05) is 35.4 Å². The van der Waals surface area contributed by atoms with Crippen molar-refractivity contribution in [2.45, 2.75) is 33.6 Å². The third-order valence-corrected chi connectivity index (χ3v) is 3.98. The van der Waals surface area contributed by atoms with E-state index in [-0.39, 0.29) is 24.3 Å². The standard InChI is InChI=1S/C22H28N4O3/c1-22(2,3)20(28)23-14-8-13-19(27)24-17-11-7-12-18(15-17)26-21(29)25-16-9-5-4-6-10-16/h4-7,9-12,15H,8,13-14H2,1-3H3,(H,23,28)(H,24,27)(H2,25,26,29). The zero-order valence-corrected chi connectivity index (χ0v) is 17.0. The highest BCUT2D eigenvalue weighted by atomic mass is 16.2. The first-order valence-corrected chi connectivity index (χ1v) is 9.55. The second-order valence-electron chi connectivity index (χ2n) is 7.68.